The van der Waals surface area contributed by atoms with Crippen LogP contribution in [0.2, 0.25) is 5.09 Å². The molecule has 0 aliphatic heterocycles. The standard InChI is InChI=1S/C4H8Br.Li/c1-2-3-4-5;/h1-4H2;. The molecule has 0 aromatic rings. The van der Waals surface area contributed by atoms with Gasteiger partial charge >= 0.3 is 56.9 Å². The van der Waals surface area contributed by atoms with Gasteiger partial charge in [-0.25, -0.2) is 0 Å². The Bertz CT molecular complexity index is 19.5. The van der Waals surface area contributed by atoms with Crippen molar-refractivity contribution in [2.24, 2.45) is 0 Å². The van der Waals surface area contributed by atoms with Crippen molar-refractivity contribution in [2.75, 3.05) is 5.33 Å². The van der Waals surface area contributed by atoms with Crippen LogP contribution < -0.4 is 0 Å². The van der Waals surface area contributed by atoms with E-state index in [-0.39, 0.29) is 0 Å². The van der Waals surface area contributed by atoms with Crippen LogP contribution in [0.4, 0.5) is 0 Å². The van der Waals surface area contributed by atoms with E-state index in [4.69, 9.17) is 0 Å². The summed E-state index contributed by atoms with van der Waals surface area (Å²) in [4.78, 5) is 0. The topological polar surface area (TPSA) is 0 Å². The molecule has 32 valence electrons. The molecule has 0 heterocycles. The summed E-state index contributed by atoms with van der Waals surface area (Å²) in [6, 6.07) is 0. The quantitative estimate of drug-likeness (QED) is 0.320. The molecule has 0 saturated carbocycles. The maximum absolute atomic E-state index is 3.35. The van der Waals surface area contributed by atoms with Crippen LogP contribution in [0.3, 0.4) is 0 Å². The monoisotopic (exact) mass is 142 g/mol. The Morgan fingerprint density at radius 2 is 2.00 bits per heavy atom. The van der Waals surface area contributed by atoms with Crippen molar-refractivity contribution in [1.82, 2.24) is 0 Å². The van der Waals surface area contributed by atoms with E-state index in [0.29, 0.717) is 0 Å². The summed E-state index contributed by atoms with van der Waals surface area (Å²) in [6.07, 6.45) is 2.70. The zero-order valence-corrected chi connectivity index (χ0v) is 5.79. The van der Waals surface area contributed by atoms with E-state index in [2.05, 4.69) is 33.6 Å². The number of rotatable bonds is 3. The molecule has 0 aliphatic carbocycles. The van der Waals surface area contributed by atoms with Gasteiger partial charge in [-0.15, -0.1) is 0 Å². The maximum atomic E-state index is 3.35. The van der Waals surface area contributed by atoms with Crippen LogP contribution >= 0.6 is 15.9 Å². The van der Waals surface area contributed by atoms with Crippen LogP contribution in [0.5, 0.6) is 0 Å². The molecule has 0 fully saturated rings. The van der Waals surface area contributed by atoms with Crippen molar-refractivity contribution < 1.29 is 0 Å². The average molecular weight is 143 g/mol. The average Bonchev–Trinajstić information content (AvgIpc) is 1.61. The summed E-state index contributed by atoms with van der Waals surface area (Å²) in [5.74, 6) is 0. The van der Waals surface area contributed by atoms with Gasteiger partial charge in [0.15, 0.2) is 0 Å². The van der Waals surface area contributed by atoms with E-state index in [0.717, 1.165) is 0 Å². The minimum absolute atomic E-state index is 1.17. The van der Waals surface area contributed by atoms with Gasteiger partial charge in [0.25, 0.3) is 0 Å². The second-order valence-corrected chi connectivity index (χ2v) is 2.19. The molecule has 0 amide bonds. The first-order valence-electron chi connectivity index (χ1n) is 2.47. The van der Waals surface area contributed by atoms with Crippen LogP contribution in [0.15, 0.2) is 0 Å². The summed E-state index contributed by atoms with van der Waals surface area (Å²) in [6.45, 7) is 0. The van der Waals surface area contributed by atoms with Crippen molar-refractivity contribution in [3.8, 4) is 0 Å². The number of unbranched alkanes of at least 4 members (excludes halogenated alkanes) is 1. The molecule has 6 heavy (non-hydrogen) atoms. The first-order valence-corrected chi connectivity index (χ1v) is 3.60. The Kier molecular flexibility index (Phi) is 7.17. The van der Waals surface area contributed by atoms with Crippen LogP contribution in [-0.2, 0) is 0 Å². The normalized spacial score (nSPS) is 9.17. The molecule has 0 unspecified atom stereocenters. The predicted octanol–water partition coefficient (Wildman–Crippen LogP) is 1.75. The molecule has 0 saturated heterocycles. The second kappa shape index (κ2) is 6.08. The Morgan fingerprint density at radius 3 is 2.17 bits per heavy atom. The zero-order chi connectivity index (χ0) is 4.83. The molecule has 0 rings (SSSR count). The van der Waals surface area contributed by atoms with Crippen molar-refractivity contribution in [3.05, 3.63) is 0 Å². The fourth-order valence-electron chi connectivity index (χ4n) is 0.344. The number of halogens is 1. The Balaban J connectivity index is 2.34. The Labute approximate surface area is 57.0 Å². The molecular weight excluding hydrogens is 135 g/mol. The number of alkyl halides is 1. The van der Waals surface area contributed by atoms with E-state index < -0.39 is 0 Å². The summed E-state index contributed by atoms with van der Waals surface area (Å²) >= 11 is 5.56. The SMILES string of the molecule is [Li][CH2]CCCBr. The third-order valence-electron chi connectivity index (χ3n) is 0.737. The van der Waals surface area contributed by atoms with Gasteiger partial charge in [-0.05, 0) is 0 Å². The molecule has 0 nitrogen and oxygen atoms in total. The van der Waals surface area contributed by atoms with E-state index in [1.165, 1.54) is 23.3 Å². The van der Waals surface area contributed by atoms with Gasteiger partial charge in [0.2, 0.25) is 0 Å². The third kappa shape index (κ3) is 5.08. The third-order valence-corrected chi connectivity index (χ3v) is 1.30. The second-order valence-electron chi connectivity index (χ2n) is 1.40. The van der Waals surface area contributed by atoms with Gasteiger partial charge in [0.05, 0.1) is 0 Å². The summed E-state index contributed by atoms with van der Waals surface area (Å²) in [5, 5.41) is 2.49. The number of hydrogen-bond donors (Lipinski definition) is 0. The fraction of sp³-hybridized carbons (Fsp3) is 1.00. The molecule has 0 bridgehead atoms. The summed E-state index contributed by atoms with van der Waals surface area (Å²) < 4.78 is 0. The van der Waals surface area contributed by atoms with Gasteiger partial charge in [0, 0.05) is 0 Å². The summed E-state index contributed by atoms with van der Waals surface area (Å²) in [5.41, 5.74) is 0. The van der Waals surface area contributed by atoms with E-state index in [1.54, 1.807) is 0 Å². The van der Waals surface area contributed by atoms with Gasteiger partial charge in [-0.3, -0.25) is 0 Å². The molecule has 0 atom stereocenters. The number of hydrogen-bond acceptors (Lipinski definition) is 0. The van der Waals surface area contributed by atoms with Crippen molar-refractivity contribution in [2.45, 2.75) is 17.9 Å². The van der Waals surface area contributed by atoms with Gasteiger partial charge in [-0.1, -0.05) is 0 Å². The van der Waals surface area contributed by atoms with Crippen molar-refractivity contribution in [3.63, 3.8) is 0 Å². The van der Waals surface area contributed by atoms with E-state index >= 15 is 0 Å². The Hall–Kier alpha value is 1.08. The van der Waals surface area contributed by atoms with Crippen molar-refractivity contribution in [1.29, 1.82) is 0 Å². The predicted molar refractivity (Wildman–Crippen MR) is 33.6 cm³/mol. The summed E-state index contributed by atoms with van der Waals surface area (Å²) in [7, 11) is 0. The molecule has 0 radical (unpaired) electrons. The molecule has 0 aliphatic rings. The van der Waals surface area contributed by atoms with Gasteiger partial charge < -0.3 is 0 Å². The fourth-order valence-corrected chi connectivity index (χ4v) is 0.741. The molecule has 0 spiro atoms. The molecular formula is C4H8BrLi. The first kappa shape index (κ1) is 7.08. The van der Waals surface area contributed by atoms with Crippen LogP contribution in [0.25, 0.3) is 0 Å². The molecule has 0 N–H and O–H groups in total. The van der Waals surface area contributed by atoms with Crippen LogP contribution in [0, 0.1) is 0 Å². The van der Waals surface area contributed by atoms with Crippen LogP contribution in [0.1, 0.15) is 12.8 Å². The van der Waals surface area contributed by atoms with Crippen LogP contribution in [-0.4, -0.2) is 23.0 Å². The molecule has 0 aromatic heterocycles. The van der Waals surface area contributed by atoms with Gasteiger partial charge in [0.1, 0.15) is 0 Å². The van der Waals surface area contributed by atoms with Gasteiger partial charge in [-0.2, -0.15) is 0 Å². The molecule has 0 aromatic carbocycles. The molecule has 2 heteroatoms. The Morgan fingerprint density at radius 1 is 1.33 bits per heavy atom. The minimum atomic E-state index is 1.17. The van der Waals surface area contributed by atoms with E-state index in [1.807, 2.05) is 0 Å². The first-order chi connectivity index (χ1) is 2.91. The zero-order valence-electron chi connectivity index (χ0n) is 4.21. The van der Waals surface area contributed by atoms with E-state index in [9.17, 15) is 0 Å². The van der Waals surface area contributed by atoms with Crippen molar-refractivity contribution >= 4 is 33.6 Å².